The number of thiazole rings is 1. The number of amides is 1. The number of hydrogen-bond acceptors (Lipinski definition) is 5. The third kappa shape index (κ3) is 5.17. The molecule has 1 aliphatic heterocycles. The molecule has 2 aromatic carbocycles. The Morgan fingerprint density at radius 3 is 2.54 bits per heavy atom. The molecule has 0 aliphatic carbocycles. The molecule has 6 nitrogen and oxygen atoms in total. The monoisotopic (exact) mass is 504 g/mol. The zero-order chi connectivity index (χ0) is 25.5. The number of halogens is 3. The van der Waals surface area contributed by atoms with Gasteiger partial charge in [0, 0.05) is 18.7 Å². The van der Waals surface area contributed by atoms with E-state index in [0.29, 0.717) is 46.4 Å². The number of aliphatic carboxylic acids is 1. The number of benzene rings is 2. The van der Waals surface area contributed by atoms with Crippen molar-refractivity contribution in [3.63, 3.8) is 0 Å². The fourth-order valence-electron chi connectivity index (χ4n) is 3.79. The van der Waals surface area contributed by atoms with Gasteiger partial charge in [0.1, 0.15) is 15.6 Å². The summed E-state index contributed by atoms with van der Waals surface area (Å²) in [6, 6.07) is 10.2. The van der Waals surface area contributed by atoms with Crippen LogP contribution in [0, 0.1) is 6.92 Å². The zero-order valence-electron chi connectivity index (χ0n) is 19.3. The Labute approximate surface area is 204 Å². The average Bonchev–Trinajstić information content (AvgIpc) is 3.19. The summed E-state index contributed by atoms with van der Waals surface area (Å²) in [4.78, 5) is 31.0. The average molecular weight is 505 g/mol. The summed E-state index contributed by atoms with van der Waals surface area (Å²) in [6.07, 6.45) is -3.90. The van der Waals surface area contributed by atoms with Gasteiger partial charge in [0.2, 0.25) is 0 Å². The summed E-state index contributed by atoms with van der Waals surface area (Å²) >= 11 is 1.08. The van der Waals surface area contributed by atoms with Gasteiger partial charge < -0.3 is 14.7 Å². The maximum absolute atomic E-state index is 13.3. The number of hydrogen-bond donors (Lipinski definition) is 1. The summed E-state index contributed by atoms with van der Waals surface area (Å²) < 4.78 is 44.9. The third-order valence-electron chi connectivity index (χ3n) is 5.79. The number of aromatic nitrogens is 1. The van der Waals surface area contributed by atoms with E-state index in [2.05, 4.69) is 4.98 Å². The van der Waals surface area contributed by atoms with Crippen molar-refractivity contribution in [1.29, 1.82) is 0 Å². The largest absolute Gasteiger partial charge is 0.478 e. The fraction of sp³-hybridized carbons (Fsp3) is 0.320. The number of rotatable bonds is 5. The van der Waals surface area contributed by atoms with Gasteiger partial charge in [-0.1, -0.05) is 18.2 Å². The van der Waals surface area contributed by atoms with Crippen LogP contribution in [0.15, 0.2) is 42.5 Å². The summed E-state index contributed by atoms with van der Waals surface area (Å²) in [5, 5.41) is 9.63. The summed E-state index contributed by atoms with van der Waals surface area (Å²) in [7, 11) is 0. The molecule has 10 heteroatoms. The van der Waals surface area contributed by atoms with Crippen LogP contribution < -0.4 is 4.74 Å². The standard InChI is InChI=1S/C25H23F3N2O4S/c1-14-20(35-21(29-14)16-5-4-6-18(11-16)25(26,27)28)22(31)30-10-9-15-12-19(8-7-17(15)13-30)34-24(2,3)23(32)33/h4-8,11-12H,9-10,13H2,1-3H3,(H,32,33). The Kier molecular flexibility index (Phi) is 6.35. The van der Waals surface area contributed by atoms with Crippen LogP contribution in [0.4, 0.5) is 13.2 Å². The maximum atomic E-state index is 13.3. The Balaban J connectivity index is 1.52. The van der Waals surface area contributed by atoms with Gasteiger partial charge in [-0.15, -0.1) is 11.3 Å². The lowest BCUT2D eigenvalue weighted by Gasteiger charge is -2.29. The molecule has 0 radical (unpaired) electrons. The van der Waals surface area contributed by atoms with Crippen molar-refractivity contribution in [2.75, 3.05) is 6.54 Å². The SMILES string of the molecule is Cc1nc(-c2cccc(C(F)(F)F)c2)sc1C(=O)N1CCc2cc(OC(C)(C)C(=O)O)ccc2C1. The molecular formula is C25H23F3N2O4S. The van der Waals surface area contributed by atoms with Gasteiger partial charge in [-0.3, -0.25) is 4.79 Å². The molecule has 0 saturated heterocycles. The Morgan fingerprint density at radius 2 is 1.86 bits per heavy atom. The van der Waals surface area contributed by atoms with Crippen LogP contribution in [0.25, 0.3) is 10.6 Å². The number of carbonyl (C=O) groups excluding carboxylic acids is 1. The van der Waals surface area contributed by atoms with Crippen LogP contribution in [0.5, 0.6) is 5.75 Å². The molecule has 1 amide bonds. The van der Waals surface area contributed by atoms with Gasteiger partial charge >= 0.3 is 12.1 Å². The summed E-state index contributed by atoms with van der Waals surface area (Å²) in [5.74, 6) is -0.854. The highest BCUT2D eigenvalue weighted by molar-refractivity contribution is 7.17. The smallest absolute Gasteiger partial charge is 0.416 e. The lowest BCUT2D eigenvalue weighted by atomic mass is 9.99. The quantitative estimate of drug-likeness (QED) is 0.491. The van der Waals surface area contributed by atoms with E-state index in [-0.39, 0.29) is 5.91 Å². The minimum atomic E-state index is -4.46. The highest BCUT2D eigenvalue weighted by Crippen LogP contribution is 2.35. The molecule has 0 spiro atoms. The number of aryl methyl sites for hydroxylation is 1. The van der Waals surface area contributed by atoms with Crippen molar-refractivity contribution in [3.8, 4) is 16.3 Å². The molecule has 184 valence electrons. The second-order valence-electron chi connectivity index (χ2n) is 8.84. The molecular weight excluding hydrogens is 481 g/mol. The number of alkyl halides is 3. The molecule has 1 aliphatic rings. The summed E-state index contributed by atoms with van der Waals surface area (Å²) in [6.45, 7) is 5.41. The first-order valence-electron chi connectivity index (χ1n) is 10.8. The molecule has 3 aromatic rings. The van der Waals surface area contributed by atoms with E-state index in [9.17, 15) is 27.9 Å². The van der Waals surface area contributed by atoms with Gasteiger partial charge in [0.15, 0.2) is 5.60 Å². The molecule has 0 saturated carbocycles. The zero-order valence-corrected chi connectivity index (χ0v) is 20.1. The van der Waals surface area contributed by atoms with Crippen LogP contribution >= 0.6 is 11.3 Å². The molecule has 0 fully saturated rings. The first kappa shape index (κ1) is 24.7. The first-order valence-corrected chi connectivity index (χ1v) is 11.7. The predicted molar refractivity (Wildman–Crippen MR) is 125 cm³/mol. The van der Waals surface area contributed by atoms with Crippen molar-refractivity contribution in [2.45, 2.75) is 45.5 Å². The first-order chi connectivity index (χ1) is 16.3. The fourth-order valence-corrected chi connectivity index (χ4v) is 4.83. The molecule has 0 atom stereocenters. The van der Waals surface area contributed by atoms with Crippen molar-refractivity contribution >= 4 is 23.2 Å². The van der Waals surface area contributed by atoms with Gasteiger partial charge in [-0.2, -0.15) is 13.2 Å². The van der Waals surface area contributed by atoms with E-state index in [1.54, 1.807) is 30.0 Å². The van der Waals surface area contributed by atoms with Crippen LogP contribution in [0.3, 0.4) is 0 Å². The van der Waals surface area contributed by atoms with Crippen LogP contribution in [0.2, 0.25) is 0 Å². The van der Waals surface area contributed by atoms with Crippen LogP contribution in [-0.4, -0.2) is 39.0 Å². The van der Waals surface area contributed by atoms with E-state index < -0.39 is 23.3 Å². The Hall–Kier alpha value is -3.40. The number of carboxylic acid groups (broad SMARTS) is 1. The predicted octanol–water partition coefficient (Wildman–Crippen LogP) is 5.58. The minimum absolute atomic E-state index is 0.226. The number of carboxylic acids is 1. The van der Waals surface area contributed by atoms with Crippen molar-refractivity contribution in [2.24, 2.45) is 0 Å². The molecule has 1 N–H and O–H groups in total. The number of ether oxygens (including phenoxy) is 1. The van der Waals surface area contributed by atoms with E-state index in [4.69, 9.17) is 4.74 Å². The minimum Gasteiger partial charge on any atom is -0.478 e. The lowest BCUT2D eigenvalue weighted by Crippen LogP contribution is -2.38. The highest BCUT2D eigenvalue weighted by Gasteiger charge is 2.32. The van der Waals surface area contributed by atoms with E-state index in [0.717, 1.165) is 34.6 Å². The van der Waals surface area contributed by atoms with Crippen LogP contribution in [0.1, 0.15) is 45.9 Å². The van der Waals surface area contributed by atoms with E-state index >= 15 is 0 Å². The van der Waals surface area contributed by atoms with E-state index in [1.165, 1.54) is 19.9 Å². The third-order valence-corrected chi connectivity index (χ3v) is 6.99. The molecule has 0 bridgehead atoms. The normalized spacial score (nSPS) is 13.9. The molecule has 1 aromatic heterocycles. The molecule has 4 rings (SSSR count). The Bertz CT molecular complexity index is 1300. The van der Waals surface area contributed by atoms with Crippen molar-refractivity contribution < 1.29 is 32.6 Å². The number of carbonyl (C=O) groups is 2. The molecule has 35 heavy (non-hydrogen) atoms. The molecule has 0 unspecified atom stereocenters. The number of nitrogens with zero attached hydrogens (tertiary/aromatic N) is 2. The maximum Gasteiger partial charge on any atom is 0.416 e. The molecule has 2 heterocycles. The highest BCUT2D eigenvalue weighted by atomic mass is 32.1. The van der Waals surface area contributed by atoms with Gasteiger partial charge in [0.05, 0.1) is 11.3 Å². The van der Waals surface area contributed by atoms with Gasteiger partial charge in [-0.25, -0.2) is 9.78 Å². The van der Waals surface area contributed by atoms with Gasteiger partial charge in [-0.05, 0) is 62.6 Å². The van der Waals surface area contributed by atoms with Crippen LogP contribution in [-0.2, 0) is 23.9 Å². The van der Waals surface area contributed by atoms with E-state index in [1.807, 2.05) is 6.07 Å². The second-order valence-corrected chi connectivity index (χ2v) is 9.84. The van der Waals surface area contributed by atoms with Crippen molar-refractivity contribution in [1.82, 2.24) is 9.88 Å². The van der Waals surface area contributed by atoms with Crippen molar-refractivity contribution in [3.05, 3.63) is 69.7 Å². The second kappa shape index (κ2) is 8.99. The Morgan fingerprint density at radius 1 is 1.11 bits per heavy atom. The lowest BCUT2D eigenvalue weighted by molar-refractivity contribution is -0.152. The summed E-state index contributed by atoms with van der Waals surface area (Å²) in [5.41, 5.74) is 0.541. The number of fused-ring (bicyclic) bond motifs is 1. The van der Waals surface area contributed by atoms with Gasteiger partial charge in [0.25, 0.3) is 5.91 Å². The topological polar surface area (TPSA) is 79.7 Å².